The second-order valence-corrected chi connectivity index (χ2v) is 11.8. The molecule has 7 rings (SSSR count). The van der Waals surface area contributed by atoms with Crippen molar-refractivity contribution in [2.24, 2.45) is 0 Å². The number of H-pyrrole nitrogens is 1. The van der Waals surface area contributed by atoms with Gasteiger partial charge in [-0.3, -0.25) is 14.3 Å². The summed E-state index contributed by atoms with van der Waals surface area (Å²) < 4.78 is 27.1. The zero-order chi connectivity index (χ0) is 32.9. The summed E-state index contributed by atoms with van der Waals surface area (Å²) in [4.78, 5) is 27.4. The zero-order valence-corrected chi connectivity index (χ0v) is 26.4. The van der Waals surface area contributed by atoms with Gasteiger partial charge in [-0.15, -0.1) is 0 Å². The molecule has 1 saturated heterocycles. The van der Waals surface area contributed by atoms with Crippen LogP contribution in [0.2, 0.25) is 0 Å². The average molecular weight is 642 g/mol. The fourth-order valence-corrected chi connectivity index (χ4v) is 6.29. The van der Waals surface area contributed by atoms with Crippen molar-refractivity contribution >= 4 is 0 Å². The lowest BCUT2D eigenvalue weighted by atomic mass is 9.80. The van der Waals surface area contributed by atoms with Crippen LogP contribution in [0.15, 0.2) is 148 Å². The van der Waals surface area contributed by atoms with Gasteiger partial charge in [0.15, 0.2) is 5.76 Å². The minimum absolute atomic E-state index is 0.128. The van der Waals surface area contributed by atoms with Gasteiger partial charge in [0.2, 0.25) is 0 Å². The van der Waals surface area contributed by atoms with Crippen molar-refractivity contribution in [2.45, 2.75) is 44.0 Å². The smallest absolute Gasteiger partial charge is 0.330 e. The van der Waals surface area contributed by atoms with Crippen molar-refractivity contribution < 1.29 is 18.7 Å². The topological polar surface area (TPSA) is 109 Å². The molecule has 1 aliphatic heterocycles. The first kappa shape index (κ1) is 31.3. The van der Waals surface area contributed by atoms with Crippen LogP contribution in [-0.4, -0.2) is 33.5 Å². The SMILES string of the molecule is Cc1cn([C@H]2C[C@H](OCc3cc(-c4ccccc4)no3)[C@@H](COC(c3ccccc3)(c3ccccc3)c3ccccc3)O2)c(=O)[nH]c1=O. The van der Waals surface area contributed by atoms with Gasteiger partial charge in [0, 0.05) is 29.8 Å². The van der Waals surface area contributed by atoms with Crippen LogP contribution in [0.5, 0.6) is 0 Å². The minimum atomic E-state index is -0.975. The summed E-state index contributed by atoms with van der Waals surface area (Å²) >= 11 is 0. The van der Waals surface area contributed by atoms with E-state index in [4.69, 9.17) is 18.7 Å². The molecule has 0 unspecified atom stereocenters. The van der Waals surface area contributed by atoms with Gasteiger partial charge in [0.25, 0.3) is 5.56 Å². The molecule has 0 spiro atoms. The molecule has 1 fully saturated rings. The van der Waals surface area contributed by atoms with E-state index in [0.717, 1.165) is 22.3 Å². The standard InChI is InChI=1S/C39H35N3O6/c1-27-24-42(38(44)40-37(27)43)36-23-34(45-25-32-22-33(41-48-32)28-14-6-2-7-15-28)35(47-36)26-46-39(29-16-8-3-9-17-29,30-18-10-4-11-19-30)31-20-12-5-13-21-31/h2-22,24,34-36H,23,25-26H2,1H3,(H,40,43,44)/t34-,35+,36+/m0/s1. The Morgan fingerprint density at radius 1 is 0.833 bits per heavy atom. The third kappa shape index (κ3) is 6.31. The summed E-state index contributed by atoms with van der Waals surface area (Å²) in [5.41, 5.74) is 2.97. The molecule has 9 heteroatoms. The number of rotatable bonds is 11. The summed E-state index contributed by atoms with van der Waals surface area (Å²) in [7, 11) is 0. The molecule has 242 valence electrons. The quantitative estimate of drug-likeness (QED) is 0.164. The fourth-order valence-electron chi connectivity index (χ4n) is 6.29. The monoisotopic (exact) mass is 641 g/mol. The molecule has 0 radical (unpaired) electrons. The van der Waals surface area contributed by atoms with Crippen molar-refractivity contribution in [1.82, 2.24) is 14.7 Å². The number of benzene rings is 4. The maximum atomic E-state index is 12.9. The predicted octanol–water partition coefficient (Wildman–Crippen LogP) is 6.38. The summed E-state index contributed by atoms with van der Waals surface area (Å²) in [6, 6.07) is 41.9. The lowest BCUT2D eigenvalue weighted by Gasteiger charge is -2.37. The van der Waals surface area contributed by atoms with Gasteiger partial charge in [-0.1, -0.05) is 126 Å². The molecule has 2 aromatic heterocycles. The molecule has 3 atom stereocenters. The number of nitrogens with one attached hydrogen (secondary N) is 1. The van der Waals surface area contributed by atoms with Gasteiger partial charge in [-0.2, -0.15) is 0 Å². The highest BCUT2D eigenvalue weighted by atomic mass is 16.6. The van der Waals surface area contributed by atoms with Crippen molar-refractivity contribution in [3.05, 3.63) is 182 Å². The molecule has 0 saturated carbocycles. The third-order valence-electron chi connectivity index (χ3n) is 8.71. The molecule has 9 nitrogen and oxygen atoms in total. The van der Waals surface area contributed by atoms with Crippen LogP contribution in [-0.2, 0) is 26.4 Å². The van der Waals surface area contributed by atoms with Crippen molar-refractivity contribution in [3.63, 3.8) is 0 Å². The molecule has 0 bridgehead atoms. The molecule has 0 amide bonds. The Kier molecular flexibility index (Phi) is 8.98. The van der Waals surface area contributed by atoms with Crippen LogP contribution in [0, 0.1) is 6.92 Å². The van der Waals surface area contributed by atoms with E-state index in [0.29, 0.717) is 23.4 Å². The molecular formula is C39H35N3O6. The Morgan fingerprint density at radius 2 is 1.40 bits per heavy atom. The van der Waals surface area contributed by atoms with Crippen LogP contribution < -0.4 is 11.2 Å². The number of aryl methyl sites for hydroxylation is 1. The lowest BCUT2D eigenvalue weighted by molar-refractivity contribution is -0.108. The van der Waals surface area contributed by atoms with E-state index < -0.39 is 35.3 Å². The minimum Gasteiger partial charge on any atom is -0.367 e. The average Bonchev–Trinajstić information content (AvgIpc) is 3.78. The lowest BCUT2D eigenvalue weighted by Crippen LogP contribution is -2.38. The van der Waals surface area contributed by atoms with Crippen molar-refractivity contribution in [1.29, 1.82) is 0 Å². The van der Waals surface area contributed by atoms with Crippen molar-refractivity contribution in [3.8, 4) is 11.3 Å². The maximum absolute atomic E-state index is 12.9. The van der Waals surface area contributed by atoms with E-state index in [-0.39, 0.29) is 13.2 Å². The molecule has 1 N–H and O–H groups in total. The van der Waals surface area contributed by atoms with Gasteiger partial charge in [0.1, 0.15) is 30.2 Å². The Bertz CT molecular complexity index is 1960. The number of hydrogen-bond acceptors (Lipinski definition) is 7. The van der Waals surface area contributed by atoms with E-state index in [1.807, 2.05) is 91.0 Å². The number of aromatic nitrogens is 3. The highest BCUT2D eigenvalue weighted by molar-refractivity contribution is 5.58. The number of hydrogen-bond donors (Lipinski definition) is 1. The Morgan fingerprint density at radius 3 is 1.98 bits per heavy atom. The van der Waals surface area contributed by atoms with E-state index in [9.17, 15) is 9.59 Å². The van der Waals surface area contributed by atoms with Gasteiger partial charge in [-0.25, -0.2) is 4.79 Å². The first-order chi connectivity index (χ1) is 23.5. The predicted molar refractivity (Wildman–Crippen MR) is 180 cm³/mol. The molecule has 48 heavy (non-hydrogen) atoms. The molecule has 6 aromatic rings. The highest BCUT2D eigenvalue weighted by Crippen LogP contribution is 2.42. The van der Waals surface area contributed by atoms with E-state index in [1.165, 1.54) is 10.8 Å². The third-order valence-corrected chi connectivity index (χ3v) is 8.71. The second kappa shape index (κ2) is 13.8. The first-order valence-corrected chi connectivity index (χ1v) is 15.9. The zero-order valence-electron chi connectivity index (χ0n) is 26.4. The van der Waals surface area contributed by atoms with Crippen LogP contribution in [0.25, 0.3) is 11.3 Å². The van der Waals surface area contributed by atoms with Crippen LogP contribution in [0.4, 0.5) is 0 Å². The van der Waals surface area contributed by atoms with Crippen LogP contribution in [0.3, 0.4) is 0 Å². The normalized spacial score (nSPS) is 17.8. The number of aromatic amines is 1. The van der Waals surface area contributed by atoms with Gasteiger partial charge < -0.3 is 18.7 Å². The van der Waals surface area contributed by atoms with Gasteiger partial charge in [0.05, 0.1) is 12.7 Å². The Hall–Kier alpha value is -5.35. The molecular weight excluding hydrogens is 606 g/mol. The maximum Gasteiger partial charge on any atom is 0.330 e. The largest absolute Gasteiger partial charge is 0.367 e. The van der Waals surface area contributed by atoms with Crippen molar-refractivity contribution in [2.75, 3.05) is 6.61 Å². The van der Waals surface area contributed by atoms with Crippen LogP contribution in [0.1, 0.15) is 40.7 Å². The summed E-state index contributed by atoms with van der Waals surface area (Å²) in [6.07, 6.45) is 0.104. The summed E-state index contributed by atoms with van der Waals surface area (Å²) in [5, 5.41) is 4.22. The van der Waals surface area contributed by atoms with Gasteiger partial charge >= 0.3 is 5.69 Å². The summed E-state index contributed by atoms with van der Waals surface area (Å²) in [6.45, 7) is 1.92. The number of ether oxygens (including phenoxy) is 3. The first-order valence-electron chi connectivity index (χ1n) is 15.9. The van der Waals surface area contributed by atoms with E-state index >= 15 is 0 Å². The molecule has 4 aromatic carbocycles. The van der Waals surface area contributed by atoms with E-state index in [1.54, 1.807) is 6.92 Å². The Balaban J connectivity index is 1.21. The summed E-state index contributed by atoms with van der Waals surface area (Å²) in [5.74, 6) is 0.557. The molecule has 0 aliphatic carbocycles. The fraction of sp³-hybridized carbons (Fsp3) is 0.205. The van der Waals surface area contributed by atoms with Crippen LogP contribution >= 0.6 is 0 Å². The molecule has 3 heterocycles. The van der Waals surface area contributed by atoms with E-state index in [2.05, 4.69) is 46.5 Å². The number of nitrogens with zero attached hydrogens (tertiary/aromatic N) is 2. The molecule has 1 aliphatic rings. The highest BCUT2D eigenvalue weighted by Gasteiger charge is 2.43. The van der Waals surface area contributed by atoms with Gasteiger partial charge in [-0.05, 0) is 23.6 Å². The Labute approximate surface area is 277 Å². The second-order valence-electron chi connectivity index (χ2n) is 11.8.